The van der Waals surface area contributed by atoms with Gasteiger partial charge < -0.3 is 0 Å². The van der Waals surface area contributed by atoms with Crippen LogP contribution in [0.3, 0.4) is 0 Å². The average Bonchev–Trinajstić information content (AvgIpc) is 3.25. The van der Waals surface area contributed by atoms with Crippen LogP contribution in [0.25, 0.3) is 20.8 Å². The maximum atomic E-state index is 12.4. The van der Waals surface area contributed by atoms with Gasteiger partial charge in [-0.25, -0.2) is 9.97 Å². The Morgan fingerprint density at radius 1 is 1.18 bits per heavy atom. The maximum Gasteiger partial charge on any atom is 0.236 e. The topological polar surface area (TPSA) is 80.7 Å². The minimum atomic E-state index is -0.164. The zero-order valence-corrected chi connectivity index (χ0v) is 18.1. The average molecular weight is 448 g/mol. The number of aryl methyl sites for hydroxylation is 2. The van der Waals surface area contributed by atoms with E-state index in [0.29, 0.717) is 15.2 Å². The van der Waals surface area contributed by atoms with E-state index < -0.39 is 0 Å². The van der Waals surface area contributed by atoms with Gasteiger partial charge in [0, 0.05) is 15.8 Å². The number of aromatic nitrogens is 4. The lowest BCUT2D eigenvalue weighted by Gasteiger charge is -2.03. The number of rotatable bonds is 5. The predicted octanol–water partition coefficient (Wildman–Crippen LogP) is 5.21. The second-order valence-electron chi connectivity index (χ2n) is 5.87. The van der Waals surface area contributed by atoms with E-state index in [2.05, 4.69) is 39.3 Å². The van der Waals surface area contributed by atoms with Gasteiger partial charge in [0.2, 0.25) is 11.0 Å². The third-order valence-corrected chi connectivity index (χ3v) is 7.35. The Bertz CT molecular complexity index is 1170. The van der Waals surface area contributed by atoms with Gasteiger partial charge in [-0.2, -0.15) is 0 Å². The lowest BCUT2D eigenvalue weighted by Crippen LogP contribution is -2.14. The number of carbonyl (C=O) groups is 1. The molecule has 0 radical (unpaired) electrons. The van der Waals surface area contributed by atoms with Crippen molar-refractivity contribution in [3.05, 3.63) is 46.1 Å². The third kappa shape index (κ3) is 3.88. The molecule has 1 aromatic carbocycles. The van der Waals surface area contributed by atoms with E-state index in [4.69, 9.17) is 11.6 Å². The Labute approximate surface area is 178 Å². The fraction of sp³-hybridized carbons (Fsp3) is 0.167. The summed E-state index contributed by atoms with van der Waals surface area (Å²) >= 11 is 10.5. The molecule has 10 heteroatoms. The van der Waals surface area contributed by atoms with E-state index in [0.717, 1.165) is 26.4 Å². The summed E-state index contributed by atoms with van der Waals surface area (Å²) in [5.41, 5.74) is 1.96. The third-order valence-electron chi connectivity index (χ3n) is 4.05. The van der Waals surface area contributed by atoms with Gasteiger partial charge in [0.1, 0.15) is 16.2 Å². The van der Waals surface area contributed by atoms with E-state index in [1.165, 1.54) is 28.0 Å². The summed E-state index contributed by atoms with van der Waals surface area (Å²) in [7, 11) is 0. The molecule has 142 valence electrons. The van der Waals surface area contributed by atoms with Crippen molar-refractivity contribution in [2.45, 2.75) is 18.9 Å². The van der Waals surface area contributed by atoms with Gasteiger partial charge in [-0.05, 0) is 25.5 Å². The van der Waals surface area contributed by atoms with Crippen LogP contribution in [-0.4, -0.2) is 31.8 Å². The number of nitrogens with zero attached hydrogens (tertiary/aromatic N) is 4. The van der Waals surface area contributed by atoms with E-state index in [-0.39, 0.29) is 11.7 Å². The number of fused-ring (bicyclic) bond motifs is 1. The fourth-order valence-corrected chi connectivity index (χ4v) is 5.56. The van der Waals surface area contributed by atoms with E-state index >= 15 is 0 Å². The number of hydrogen-bond donors (Lipinski definition) is 1. The van der Waals surface area contributed by atoms with E-state index in [1.807, 2.05) is 18.2 Å². The summed E-state index contributed by atoms with van der Waals surface area (Å²) in [6.45, 7) is 4.12. The molecule has 3 aromatic heterocycles. The maximum absolute atomic E-state index is 12.4. The van der Waals surface area contributed by atoms with Crippen molar-refractivity contribution >= 4 is 67.3 Å². The summed E-state index contributed by atoms with van der Waals surface area (Å²) in [6, 6.07) is 7.40. The number of carbonyl (C=O) groups excluding carboxylic acids is 1. The molecule has 0 aliphatic carbocycles. The van der Waals surface area contributed by atoms with E-state index in [9.17, 15) is 4.79 Å². The molecule has 3 heterocycles. The quantitative estimate of drug-likeness (QED) is 0.334. The van der Waals surface area contributed by atoms with Crippen LogP contribution in [0.15, 0.2) is 35.6 Å². The van der Waals surface area contributed by atoms with Gasteiger partial charge in [0.15, 0.2) is 5.01 Å². The van der Waals surface area contributed by atoms with Gasteiger partial charge in [-0.3, -0.25) is 10.1 Å². The number of halogens is 1. The first-order valence-corrected chi connectivity index (χ1v) is 11.2. The number of hydrogen-bond acceptors (Lipinski definition) is 8. The Kier molecular flexibility index (Phi) is 5.58. The van der Waals surface area contributed by atoms with Gasteiger partial charge in [0.05, 0.1) is 10.8 Å². The highest BCUT2D eigenvalue weighted by Crippen LogP contribution is 2.35. The minimum Gasteiger partial charge on any atom is -0.300 e. The smallest absolute Gasteiger partial charge is 0.236 e. The predicted molar refractivity (Wildman–Crippen MR) is 117 cm³/mol. The zero-order chi connectivity index (χ0) is 19.7. The van der Waals surface area contributed by atoms with Crippen molar-refractivity contribution in [2.24, 2.45) is 0 Å². The van der Waals surface area contributed by atoms with Crippen molar-refractivity contribution in [1.82, 2.24) is 20.2 Å². The molecular weight excluding hydrogens is 434 g/mol. The number of amides is 1. The molecule has 0 saturated heterocycles. The Hall–Kier alpha value is -2.07. The fourth-order valence-electron chi connectivity index (χ4n) is 2.57. The summed E-state index contributed by atoms with van der Waals surface area (Å²) in [4.78, 5) is 23.2. The molecule has 1 amide bonds. The lowest BCUT2D eigenvalue weighted by molar-refractivity contribution is -0.113. The monoisotopic (exact) mass is 447 g/mol. The standard InChI is InChI=1S/C18H14ClN5OS3/c1-9-10(2)27-17-14(9)16(20-8-21-17)26-7-13(25)22-18-24-23-15(28-18)11-5-3-4-6-12(11)19/h3-6,8H,7H2,1-2H3,(H,22,24,25). The second-order valence-corrected chi connectivity index (χ2v) is 9.42. The summed E-state index contributed by atoms with van der Waals surface area (Å²) in [5.74, 6) is 0.0600. The highest BCUT2D eigenvalue weighted by Gasteiger charge is 2.15. The SMILES string of the molecule is Cc1sc2ncnc(SCC(=O)Nc3nnc(-c4ccccc4Cl)s3)c2c1C. The molecule has 0 aliphatic rings. The van der Waals surface area contributed by atoms with Crippen LogP contribution in [0, 0.1) is 13.8 Å². The summed E-state index contributed by atoms with van der Waals surface area (Å²) in [6.07, 6.45) is 1.54. The summed E-state index contributed by atoms with van der Waals surface area (Å²) in [5, 5.41) is 14.5. The van der Waals surface area contributed by atoms with Crippen molar-refractivity contribution in [1.29, 1.82) is 0 Å². The number of thiophene rings is 1. The van der Waals surface area contributed by atoms with Gasteiger partial charge >= 0.3 is 0 Å². The van der Waals surface area contributed by atoms with Crippen LogP contribution in [0.5, 0.6) is 0 Å². The van der Waals surface area contributed by atoms with Crippen LogP contribution in [0.4, 0.5) is 5.13 Å². The van der Waals surface area contributed by atoms with Crippen LogP contribution < -0.4 is 5.32 Å². The molecule has 4 rings (SSSR count). The van der Waals surface area contributed by atoms with Crippen molar-refractivity contribution in [2.75, 3.05) is 11.1 Å². The number of thioether (sulfide) groups is 1. The first-order valence-electron chi connectivity index (χ1n) is 8.24. The van der Waals surface area contributed by atoms with Crippen molar-refractivity contribution < 1.29 is 4.79 Å². The molecule has 4 aromatic rings. The van der Waals surface area contributed by atoms with E-state index in [1.54, 1.807) is 23.7 Å². The molecular formula is C18H14ClN5OS3. The van der Waals surface area contributed by atoms with Gasteiger partial charge in [-0.1, -0.05) is 52.9 Å². The van der Waals surface area contributed by atoms with Crippen LogP contribution in [0.2, 0.25) is 5.02 Å². The Balaban J connectivity index is 1.44. The molecule has 0 saturated carbocycles. The first-order chi connectivity index (χ1) is 13.5. The normalized spacial score (nSPS) is 11.1. The molecule has 0 aliphatic heterocycles. The molecule has 0 atom stereocenters. The second kappa shape index (κ2) is 8.12. The van der Waals surface area contributed by atoms with Crippen LogP contribution >= 0.6 is 46.0 Å². The molecule has 0 spiro atoms. The largest absolute Gasteiger partial charge is 0.300 e. The lowest BCUT2D eigenvalue weighted by atomic mass is 10.2. The molecule has 6 nitrogen and oxygen atoms in total. The highest BCUT2D eigenvalue weighted by atomic mass is 35.5. The van der Waals surface area contributed by atoms with Gasteiger partial charge in [0.25, 0.3) is 0 Å². The minimum absolute atomic E-state index is 0.164. The number of nitrogens with one attached hydrogen (secondary N) is 1. The summed E-state index contributed by atoms with van der Waals surface area (Å²) < 4.78 is 0. The zero-order valence-electron chi connectivity index (χ0n) is 14.9. The van der Waals surface area contributed by atoms with Crippen molar-refractivity contribution in [3.8, 4) is 10.6 Å². The number of anilines is 1. The van der Waals surface area contributed by atoms with Crippen LogP contribution in [0.1, 0.15) is 10.4 Å². The Morgan fingerprint density at radius 3 is 2.82 bits per heavy atom. The van der Waals surface area contributed by atoms with Crippen LogP contribution in [-0.2, 0) is 4.79 Å². The molecule has 28 heavy (non-hydrogen) atoms. The molecule has 1 N–H and O–H groups in total. The number of benzene rings is 1. The van der Waals surface area contributed by atoms with Crippen molar-refractivity contribution in [3.63, 3.8) is 0 Å². The highest BCUT2D eigenvalue weighted by molar-refractivity contribution is 8.00. The molecule has 0 fully saturated rings. The van der Waals surface area contributed by atoms with Gasteiger partial charge in [-0.15, -0.1) is 21.5 Å². The first kappa shape index (κ1) is 19.3. The molecule has 0 unspecified atom stereocenters. The molecule has 0 bridgehead atoms. The Morgan fingerprint density at radius 2 is 2.00 bits per heavy atom.